The van der Waals surface area contributed by atoms with E-state index < -0.39 is 10.0 Å². The Bertz CT molecular complexity index is 755. The van der Waals surface area contributed by atoms with E-state index in [0.29, 0.717) is 23.3 Å². The van der Waals surface area contributed by atoms with Crippen molar-refractivity contribution in [1.29, 1.82) is 0 Å². The third-order valence-electron chi connectivity index (χ3n) is 3.41. The fraction of sp³-hybridized carbons (Fsp3) is 0.357. The summed E-state index contributed by atoms with van der Waals surface area (Å²) in [5, 5.41) is 5.86. The number of fused-ring (bicyclic) bond motifs is 1. The molecule has 2 aromatic rings. The van der Waals surface area contributed by atoms with Gasteiger partial charge in [-0.05, 0) is 37.1 Å². The van der Waals surface area contributed by atoms with Crippen LogP contribution in [0.5, 0.6) is 5.75 Å². The molecular weight excluding hydrogens is 292 g/mol. The van der Waals surface area contributed by atoms with Gasteiger partial charge < -0.3 is 9.47 Å². The monoisotopic (exact) mass is 308 g/mol. The van der Waals surface area contributed by atoms with Crippen LogP contribution in [0.2, 0.25) is 0 Å². The van der Waals surface area contributed by atoms with Gasteiger partial charge in [0.25, 0.3) is 0 Å². The van der Waals surface area contributed by atoms with E-state index in [2.05, 4.69) is 4.98 Å². The number of nitrogens with two attached hydrogens (primary N) is 1. The number of hydrogen-bond donors (Lipinski definition) is 1. The minimum atomic E-state index is -3.82. The van der Waals surface area contributed by atoms with Crippen LogP contribution in [0.3, 0.4) is 0 Å². The molecule has 0 aliphatic carbocycles. The van der Waals surface area contributed by atoms with Crippen LogP contribution in [-0.2, 0) is 14.8 Å². The molecule has 2 N–H and O–H groups in total. The van der Waals surface area contributed by atoms with Crippen molar-refractivity contribution < 1.29 is 17.9 Å². The Morgan fingerprint density at radius 2 is 2.19 bits per heavy atom. The third-order valence-corrected chi connectivity index (χ3v) is 4.35. The van der Waals surface area contributed by atoms with Crippen molar-refractivity contribution >= 4 is 20.9 Å². The molecule has 7 heteroatoms. The van der Waals surface area contributed by atoms with Gasteiger partial charge in [-0.3, -0.25) is 4.98 Å². The largest absolute Gasteiger partial charge is 0.487 e. The van der Waals surface area contributed by atoms with E-state index in [0.717, 1.165) is 19.4 Å². The lowest BCUT2D eigenvalue weighted by molar-refractivity contribution is 0.00807. The molecule has 1 aromatic carbocycles. The second-order valence-corrected chi connectivity index (χ2v) is 6.49. The molecule has 1 aliphatic rings. The number of hydrogen-bond acceptors (Lipinski definition) is 5. The molecule has 0 spiro atoms. The molecule has 1 saturated heterocycles. The minimum Gasteiger partial charge on any atom is -0.487 e. The molecule has 0 amide bonds. The fourth-order valence-electron chi connectivity index (χ4n) is 2.44. The van der Waals surface area contributed by atoms with E-state index in [9.17, 15) is 8.42 Å². The quantitative estimate of drug-likeness (QED) is 0.926. The average Bonchev–Trinajstić information content (AvgIpc) is 2.47. The normalized spacial score (nSPS) is 19.6. The number of nitrogens with zero attached hydrogens (tertiary/aromatic N) is 1. The van der Waals surface area contributed by atoms with Gasteiger partial charge in [0, 0.05) is 18.2 Å². The number of sulfonamides is 1. The van der Waals surface area contributed by atoms with Crippen LogP contribution in [0.25, 0.3) is 10.9 Å². The molecule has 6 nitrogen and oxygen atoms in total. The summed E-state index contributed by atoms with van der Waals surface area (Å²) in [7, 11) is -3.82. The van der Waals surface area contributed by atoms with E-state index in [1.807, 2.05) is 0 Å². The number of aromatic nitrogens is 1. The zero-order chi connectivity index (χ0) is 14.9. The molecule has 1 aliphatic heterocycles. The summed E-state index contributed by atoms with van der Waals surface area (Å²) in [5.74, 6) is 0.598. The van der Waals surface area contributed by atoms with Crippen LogP contribution >= 0.6 is 0 Å². The Labute approximate surface area is 122 Å². The van der Waals surface area contributed by atoms with Gasteiger partial charge in [0.05, 0.1) is 12.1 Å². The number of ether oxygens (including phenoxy) is 2. The van der Waals surface area contributed by atoms with Crippen molar-refractivity contribution in [3.63, 3.8) is 0 Å². The summed E-state index contributed by atoms with van der Waals surface area (Å²) in [6.07, 6.45) is 3.38. The van der Waals surface area contributed by atoms with Crippen LogP contribution in [-0.4, -0.2) is 32.7 Å². The standard InChI is InChI=1S/C14H16N2O4S/c15-21(17,18)13-6-5-12(11-4-1-7-16-14(11)13)20-10-3-2-8-19-9-10/h1,4-7,10H,2-3,8-9H2,(H2,15,17,18). The summed E-state index contributed by atoms with van der Waals surface area (Å²) in [6, 6.07) is 6.57. The lowest BCUT2D eigenvalue weighted by Crippen LogP contribution is -2.28. The zero-order valence-corrected chi connectivity index (χ0v) is 12.2. The molecular formula is C14H16N2O4S. The van der Waals surface area contributed by atoms with Crippen molar-refractivity contribution in [2.45, 2.75) is 23.8 Å². The van der Waals surface area contributed by atoms with E-state index in [1.54, 1.807) is 18.2 Å². The molecule has 0 saturated carbocycles. The molecule has 21 heavy (non-hydrogen) atoms. The lowest BCUT2D eigenvalue weighted by atomic mass is 10.1. The van der Waals surface area contributed by atoms with Crippen molar-refractivity contribution in [2.24, 2.45) is 5.14 Å². The maximum absolute atomic E-state index is 11.6. The second-order valence-electron chi connectivity index (χ2n) is 4.96. The first-order valence-electron chi connectivity index (χ1n) is 6.70. The van der Waals surface area contributed by atoms with Crippen LogP contribution < -0.4 is 9.88 Å². The van der Waals surface area contributed by atoms with Crippen LogP contribution in [0, 0.1) is 0 Å². The molecule has 1 aromatic heterocycles. The molecule has 0 radical (unpaired) electrons. The summed E-state index contributed by atoms with van der Waals surface area (Å²) in [6.45, 7) is 1.30. The summed E-state index contributed by atoms with van der Waals surface area (Å²) >= 11 is 0. The molecule has 1 atom stereocenters. The molecule has 112 valence electrons. The van der Waals surface area contributed by atoms with Gasteiger partial charge in [0.1, 0.15) is 16.7 Å². The molecule has 0 bridgehead atoms. The molecule has 1 fully saturated rings. The minimum absolute atomic E-state index is 0.00495. The zero-order valence-electron chi connectivity index (χ0n) is 11.4. The van der Waals surface area contributed by atoms with Crippen molar-refractivity contribution in [1.82, 2.24) is 4.98 Å². The van der Waals surface area contributed by atoms with Crippen LogP contribution in [0.15, 0.2) is 35.4 Å². The topological polar surface area (TPSA) is 91.5 Å². The second kappa shape index (κ2) is 5.59. The Kier molecular flexibility index (Phi) is 3.79. The SMILES string of the molecule is NS(=O)(=O)c1ccc(OC2CCCOC2)c2cccnc12. The third kappa shape index (κ3) is 2.99. The Hall–Kier alpha value is -1.70. The summed E-state index contributed by atoms with van der Waals surface area (Å²) in [5.41, 5.74) is 0.328. The first-order chi connectivity index (χ1) is 10.1. The molecule has 1 unspecified atom stereocenters. The number of primary sulfonamides is 1. The number of benzene rings is 1. The Morgan fingerprint density at radius 1 is 1.33 bits per heavy atom. The van der Waals surface area contributed by atoms with Crippen molar-refractivity contribution in [3.05, 3.63) is 30.5 Å². The van der Waals surface area contributed by atoms with Crippen molar-refractivity contribution in [3.8, 4) is 5.75 Å². The van der Waals surface area contributed by atoms with E-state index in [-0.39, 0.29) is 11.0 Å². The van der Waals surface area contributed by atoms with Gasteiger partial charge in [-0.25, -0.2) is 13.6 Å². The maximum Gasteiger partial charge on any atom is 0.240 e. The van der Waals surface area contributed by atoms with Crippen molar-refractivity contribution in [2.75, 3.05) is 13.2 Å². The van der Waals surface area contributed by atoms with Gasteiger partial charge in [-0.1, -0.05) is 0 Å². The highest BCUT2D eigenvalue weighted by molar-refractivity contribution is 7.89. The van der Waals surface area contributed by atoms with Gasteiger partial charge in [0.2, 0.25) is 10.0 Å². The van der Waals surface area contributed by atoms with E-state index in [1.165, 1.54) is 12.3 Å². The Morgan fingerprint density at radius 3 is 2.90 bits per heavy atom. The predicted molar refractivity (Wildman–Crippen MR) is 77.6 cm³/mol. The highest BCUT2D eigenvalue weighted by Crippen LogP contribution is 2.30. The highest BCUT2D eigenvalue weighted by Gasteiger charge is 2.20. The van der Waals surface area contributed by atoms with Gasteiger partial charge in [-0.2, -0.15) is 0 Å². The number of pyridine rings is 1. The first-order valence-corrected chi connectivity index (χ1v) is 8.25. The van der Waals surface area contributed by atoms with Gasteiger partial charge in [0.15, 0.2) is 0 Å². The number of rotatable bonds is 3. The predicted octanol–water partition coefficient (Wildman–Crippen LogP) is 1.44. The molecule has 3 rings (SSSR count). The molecule has 2 heterocycles. The smallest absolute Gasteiger partial charge is 0.240 e. The fourth-order valence-corrected chi connectivity index (χ4v) is 3.13. The average molecular weight is 308 g/mol. The van der Waals surface area contributed by atoms with E-state index in [4.69, 9.17) is 14.6 Å². The highest BCUT2D eigenvalue weighted by atomic mass is 32.2. The van der Waals surface area contributed by atoms with Gasteiger partial charge in [-0.15, -0.1) is 0 Å². The van der Waals surface area contributed by atoms with Crippen LogP contribution in [0.4, 0.5) is 0 Å². The summed E-state index contributed by atoms with van der Waals surface area (Å²) < 4.78 is 34.6. The Balaban J connectivity index is 2.04. The first kappa shape index (κ1) is 14.2. The van der Waals surface area contributed by atoms with Crippen LogP contribution in [0.1, 0.15) is 12.8 Å². The van der Waals surface area contributed by atoms with E-state index >= 15 is 0 Å². The lowest BCUT2D eigenvalue weighted by Gasteiger charge is -2.24. The summed E-state index contributed by atoms with van der Waals surface area (Å²) in [4.78, 5) is 4.14. The maximum atomic E-state index is 11.6. The van der Waals surface area contributed by atoms with Gasteiger partial charge >= 0.3 is 0 Å².